The summed E-state index contributed by atoms with van der Waals surface area (Å²) < 4.78 is 1.88. The summed E-state index contributed by atoms with van der Waals surface area (Å²) in [6.07, 6.45) is 3.89. The monoisotopic (exact) mass is 244 g/mol. The molecule has 2 aromatic rings. The van der Waals surface area contributed by atoms with E-state index in [2.05, 4.69) is 10.3 Å². The number of carbonyl (C=O) groups excluding carboxylic acids is 1. The molecule has 1 aliphatic rings. The number of fused-ring (bicyclic) bond motifs is 1. The molecule has 0 spiro atoms. The molecule has 3 N–H and O–H groups in total. The summed E-state index contributed by atoms with van der Waals surface area (Å²) in [5.41, 5.74) is 8.15. The molecule has 1 aliphatic carbocycles. The first-order valence-electron chi connectivity index (χ1n) is 6.17. The number of aromatic nitrogens is 2. The molecule has 3 rings (SSSR count). The lowest BCUT2D eigenvalue weighted by molar-refractivity contribution is -0.123. The van der Waals surface area contributed by atoms with Crippen LogP contribution in [0.1, 0.15) is 25.8 Å². The summed E-state index contributed by atoms with van der Waals surface area (Å²) in [6, 6.07) is 5.67. The Morgan fingerprint density at radius 3 is 3.06 bits per heavy atom. The molecule has 0 saturated heterocycles. The van der Waals surface area contributed by atoms with Crippen LogP contribution in [0.4, 0.5) is 5.69 Å². The molecular weight excluding hydrogens is 228 g/mol. The highest BCUT2D eigenvalue weighted by Crippen LogP contribution is 2.22. The van der Waals surface area contributed by atoms with Gasteiger partial charge < -0.3 is 15.6 Å². The topological polar surface area (TPSA) is 72.9 Å². The predicted molar refractivity (Wildman–Crippen MR) is 70.0 cm³/mol. The van der Waals surface area contributed by atoms with Gasteiger partial charge in [0.25, 0.3) is 0 Å². The fourth-order valence-corrected chi connectivity index (χ4v) is 2.03. The SMILES string of the molecule is CC(C(=O)NC1CC1)n1cnc2cc(N)ccc21. The maximum absolute atomic E-state index is 12.0. The van der Waals surface area contributed by atoms with Crippen LogP contribution in [0, 0.1) is 0 Å². The molecule has 0 aliphatic heterocycles. The largest absolute Gasteiger partial charge is 0.399 e. The average Bonchev–Trinajstić information content (AvgIpc) is 3.06. The lowest BCUT2D eigenvalue weighted by Crippen LogP contribution is -2.32. The van der Waals surface area contributed by atoms with E-state index in [0.717, 1.165) is 23.9 Å². The number of carbonyl (C=O) groups is 1. The number of nitrogens with zero attached hydrogens (tertiary/aromatic N) is 2. The van der Waals surface area contributed by atoms with Crippen molar-refractivity contribution in [1.29, 1.82) is 0 Å². The normalized spacial score (nSPS) is 16.7. The van der Waals surface area contributed by atoms with E-state index in [1.165, 1.54) is 0 Å². The molecule has 0 radical (unpaired) electrons. The molecule has 5 nitrogen and oxygen atoms in total. The first-order chi connectivity index (χ1) is 8.65. The summed E-state index contributed by atoms with van der Waals surface area (Å²) in [5, 5.41) is 3.01. The average molecular weight is 244 g/mol. The molecule has 0 bridgehead atoms. The van der Waals surface area contributed by atoms with Gasteiger partial charge in [0.05, 0.1) is 17.4 Å². The molecule has 1 amide bonds. The van der Waals surface area contributed by atoms with Crippen molar-refractivity contribution in [3.8, 4) is 0 Å². The minimum atomic E-state index is -0.251. The standard InChI is InChI=1S/C13H16N4O/c1-8(13(18)16-10-3-4-10)17-7-15-11-6-9(14)2-5-12(11)17/h2,5-8,10H,3-4,14H2,1H3,(H,16,18). The number of hydrogen-bond acceptors (Lipinski definition) is 3. The Morgan fingerprint density at radius 2 is 2.33 bits per heavy atom. The van der Waals surface area contributed by atoms with Crippen molar-refractivity contribution in [3.05, 3.63) is 24.5 Å². The van der Waals surface area contributed by atoms with E-state index in [1.54, 1.807) is 6.33 Å². The summed E-state index contributed by atoms with van der Waals surface area (Å²) in [6.45, 7) is 1.88. The van der Waals surface area contributed by atoms with Crippen molar-refractivity contribution < 1.29 is 4.79 Å². The van der Waals surface area contributed by atoms with Gasteiger partial charge in [-0.2, -0.15) is 0 Å². The van der Waals surface area contributed by atoms with Gasteiger partial charge in [-0.1, -0.05) is 0 Å². The van der Waals surface area contributed by atoms with Crippen LogP contribution in [-0.4, -0.2) is 21.5 Å². The third-order valence-corrected chi connectivity index (χ3v) is 3.32. The molecule has 1 aromatic carbocycles. The fourth-order valence-electron chi connectivity index (χ4n) is 2.03. The van der Waals surface area contributed by atoms with Crippen molar-refractivity contribution in [2.24, 2.45) is 0 Å². The summed E-state index contributed by atoms with van der Waals surface area (Å²) in [5.74, 6) is 0.0497. The number of benzene rings is 1. The van der Waals surface area contributed by atoms with Gasteiger partial charge in [-0.05, 0) is 38.0 Å². The Labute approximate surface area is 105 Å². The molecule has 1 atom stereocenters. The van der Waals surface area contributed by atoms with Crippen molar-refractivity contribution in [3.63, 3.8) is 0 Å². The van der Waals surface area contributed by atoms with Crippen molar-refractivity contribution in [2.75, 3.05) is 5.73 Å². The van der Waals surface area contributed by atoms with E-state index in [1.807, 2.05) is 29.7 Å². The highest BCUT2D eigenvalue weighted by molar-refractivity contribution is 5.85. The molecule has 18 heavy (non-hydrogen) atoms. The van der Waals surface area contributed by atoms with Crippen molar-refractivity contribution in [1.82, 2.24) is 14.9 Å². The van der Waals surface area contributed by atoms with E-state index < -0.39 is 0 Å². The second kappa shape index (κ2) is 4.01. The Morgan fingerprint density at radius 1 is 1.56 bits per heavy atom. The Hall–Kier alpha value is -2.04. The zero-order valence-corrected chi connectivity index (χ0v) is 10.3. The zero-order chi connectivity index (χ0) is 12.7. The number of nitrogen functional groups attached to an aromatic ring is 1. The van der Waals surface area contributed by atoms with Crippen LogP contribution < -0.4 is 11.1 Å². The number of imidazole rings is 1. The Bertz CT molecular complexity index is 600. The second-order valence-electron chi connectivity index (χ2n) is 4.86. The quantitative estimate of drug-likeness (QED) is 0.803. The van der Waals surface area contributed by atoms with Gasteiger partial charge in [-0.3, -0.25) is 4.79 Å². The fraction of sp³-hybridized carbons (Fsp3) is 0.385. The number of amides is 1. The molecule has 1 fully saturated rings. The Kier molecular flexibility index (Phi) is 2.47. The van der Waals surface area contributed by atoms with Gasteiger partial charge in [-0.25, -0.2) is 4.98 Å². The van der Waals surface area contributed by atoms with Crippen LogP contribution in [0.15, 0.2) is 24.5 Å². The van der Waals surface area contributed by atoms with E-state index in [9.17, 15) is 4.79 Å². The summed E-state index contributed by atoms with van der Waals surface area (Å²) in [7, 11) is 0. The number of nitrogens with two attached hydrogens (primary N) is 1. The number of nitrogens with one attached hydrogen (secondary N) is 1. The van der Waals surface area contributed by atoms with Gasteiger partial charge in [-0.15, -0.1) is 0 Å². The highest BCUT2D eigenvalue weighted by atomic mass is 16.2. The van der Waals surface area contributed by atoms with Crippen LogP contribution in [0.25, 0.3) is 11.0 Å². The molecule has 5 heteroatoms. The van der Waals surface area contributed by atoms with E-state index >= 15 is 0 Å². The van der Waals surface area contributed by atoms with Gasteiger partial charge in [0.2, 0.25) is 5.91 Å². The third-order valence-electron chi connectivity index (χ3n) is 3.32. The zero-order valence-electron chi connectivity index (χ0n) is 10.3. The minimum Gasteiger partial charge on any atom is -0.399 e. The predicted octanol–water partition coefficient (Wildman–Crippen LogP) is 1.46. The number of hydrogen-bond donors (Lipinski definition) is 2. The lowest BCUT2D eigenvalue weighted by atomic mass is 10.2. The van der Waals surface area contributed by atoms with Gasteiger partial charge in [0.15, 0.2) is 0 Å². The van der Waals surface area contributed by atoms with Crippen LogP contribution in [-0.2, 0) is 4.79 Å². The third kappa shape index (κ3) is 1.92. The summed E-state index contributed by atoms with van der Waals surface area (Å²) in [4.78, 5) is 16.3. The molecule has 1 unspecified atom stereocenters. The van der Waals surface area contributed by atoms with E-state index in [4.69, 9.17) is 5.73 Å². The molecule has 1 saturated carbocycles. The molecule has 1 aromatic heterocycles. The smallest absolute Gasteiger partial charge is 0.243 e. The van der Waals surface area contributed by atoms with E-state index in [-0.39, 0.29) is 11.9 Å². The highest BCUT2D eigenvalue weighted by Gasteiger charge is 2.26. The van der Waals surface area contributed by atoms with Gasteiger partial charge >= 0.3 is 0 Å². The van der Waals surface area contributed by atoms with Gasteiger partial charge in [0.1, 0.15) is 6.04 Å². The van der Waals surface area contributed by atoms with Crippen LogP contribution in [0.3, 0.4) is 0 Å². The Balaban J connectivity index is 1.90. The minimum absolute atomic E-state index is 0.0497. The lowest BCUT2D eigenvalue weighted by Gasteiger charge is -2.14. The van der Waals surface area contributed by atoms with E-state index in [0.29, 0.717) is 11.7 Å². The molecular formula is C13H16N4O. The first kappa shape index (κ1) is 11.1. The van der Waals surface area contributed by atoms with Crippen molar-refractivity contribution >= 4 is 22.6 Å². The molecule has 94 valence electrons. The first-order valence-corrected chi connectivity index (χ1v) is 6.17. The van der Waals surface area contributed by atoms with Crippen LogP contribution in [0.5, 0.6) is 0 Å². The molecule has 1 heterocycles. The van der Waals surface area contributed by atoms with Crippen molar-refractivity contribution in [2.45, 2.75) is 31.8 Å². The summed E-state index contributed by atoms with van der Waals surface area (Å²) >= 11 is 0. The number of rotatable bonds is 3. The number of anilines is 1. The van der Waals surface area contributed by atoms with Gasteiger partial charge in [0, 0.05) is 11.7 Å². The second-order valence-corrected chi connectivity index (χ2v) is 4.86. The maximum atomic E-state index is 12.0. The van der Waals surface area contributed by atoms with Crippen LogP contribution >= 0.6 is 0 Å². The maximum Gasteiger partial charge on any atom is 0.243 e. The van der Waals surface area contributed by atoms with Crippen LogP contribution in [0.2, 0.25) is 0 Å².